The van der Waals surface area contributed by atoms with Crippen molar-refractivity contribution in [2.45, 2.75) is 13.0 Å². The number of anilines is 1. The average molecular weight is 314 g/mol. The van der Waals surface area contributed by atoms with Gasteiger partial charge in [-0.15, -0.1) is 0 Å². The van der Waals surface area contributed by atoms with Gasteiger partial charge in [0, 0.05) is 23.8 Å². The van der Waals surface area contributed by atoms with Crippen molar-refractivity contribution in [1.29, 1.82) is 0 Å². The third-order valence-electron chi connectivity index (χ3n) is 2.76. The Morgan fingerprint density at radius 1 is 1.56 bits per heavy atom. The van der Waals surface area contributed by atoms with Crippen molar-refractivity contribution in [3.8, 4) is 5.88 Å². The van der Waals surface area contributed by atoms with Crippen LogP contribution in [0, 0.1) is 0 Å². The molecule has 2 heterocycles. The Morgan fingerprint density at radius 3 is 2.94 bits per heavy atom. The van der Waals surface area contributed by atoms with E-state index < -0.39 is 6.10 Å². The van der Waals surface area contributed by atoms with Crippen LogP contribution >= 0.6 is 15.9 Å². The van der Waals surface area contributed by atoms with Crippen molar-refractivity contribution in [3.63, 3.8) is 0 Å². The summed E-state index contributed by atoms with van der Waals surface area (Å²) in [5, 5.41) is 0. The Balaban J connectivity index is 2.31. The molecule has 0 N–H and O–H groups in total. The van der Waals surface area contributed by atoms with E-state index in [1.165, 1.54) is 0 Å². The second-order valence-corrected chi connectivity index (χ2v) is 5.45. The van der Waals surface area contributed by atoms with Crippen LogP contribution in [-0.2, 0) is 4.79 Å². The van der Waals surface area contributed by atoms with Crippen molar-refractivity contribution < 1.29 is 9.53 Å². The first kappa shape index (κ1) is 13.3. The first-order chi connectivity index (χ1) is 8.49. The van der Waals surface area contributed by atoms with Gasteiger partial charge in [-0.25, -0.2) is 4.98 Å². The summed E-state index contributed by atoms with van der Waals surface area (Å²) < 4.78 is 6.33. The van der Waals surface area contributed by atoms with Crippen LogP contribution in [0.25, 0.3) is 0 Å². The third kappa shape index (κ3) is 2.64. The largest absolute Gasteiger partial charge is 0.463 e. The van der Waals surface area contributed by atoms with E-state index in [-0.39, 0.29) is 5.91 Å². The van der Waals surface area contributed by atoms with Gasteiger partial charge in [0.25, 0.3) is 5.91 Å². The highest BCUT2D eigenvalue weighted by atomic mass is 79.9. The van der Waals surface area contributed by atoms with Gasteiger partial charge in [0.2, 0.25) is 5.88 Å². The number of hydrogen-bond acceptors (Lipinski definition) is 4. The summed E-state index contributed by atoms with van der Waals surface area (Å²) in [4.78, 5) is 20.1. The van der Waals surface area contributed by atoms with E-state index in [2.05, 4.69) is 20.9 Å². The standard InChI is InChI=1S/C12H16BrN3O2/c1-8-12(17)16(5-4-15(2)3)10-6-9(13)7-14-11(10)18-8/h6-8H,4-5H2,1-3H3/t8-/m1/s1. The fourth-order valence-corrected chi connectivity index (χ4v) is 2.11. The molecule has 1 amide bonds. The highest BCUT2D eigenvalue weighted by Gasteiger charge is 2.32. The lowest BCUT2D eigenvalue weighted by Crippen LogP contribution is -2.47. The predicted octanol–water partition coefficient (Wildman–Crippen LogP) is 1.52. The molecule has 0 radical (unpaired) electrons. The van der Waals surface area contributed by atoms with Gasteiger partial charge < -0.3 is 14.5 Å². The quantitative estimate of drug-likeness (QED) is 0.849. The van der Waals surface area contributed by atoms with Crippen LogP contribution in [-0.4, -0.2) is 49.1 Å². The minimum Gasteiger partial charge on any atom is -0.463 e. The van der Waals surface area contributed by atoms with Gasteiger partial charge in [-0.2, -0.15) is 0 Å². The molecule has 0 aromatic carbocycles. The Kier molecular flexibility index (Phi) is 3.87. The van der Waals surface area contributed by atoms with Gasteiger partial charge in [0.15, 0.2) is 6.10 Å². The molecular weight excluding hydrogens is 298 g/mol. The van der Waals surface area contributed by atoms with Crippen LogP contribution in [0.5, 0.6) is 5.88 Å². The first-order valence-electron chi connectivity index (χ1n) is 5.77. The lowest BCUT2D eigenvalue weighted by molar-refractivity contribution is -0.125. The maximum absolute atomic E-state index is 12.2. The average Bonchev–Trinajstić information content (AvgIpc) is 2.30. The molecule has 1 aromatic rings. The zero-order valence-corrected chi connectivity index (χ0v) is 12.3. The third-order valence-corrected chi connectivity index (χ3v) is 3.20. The Morgan fingerprint density at radius 2 is 2.28 bits per heavy atom. The van der Waals surface area contributed by atoms with Crippen LogP contribution in [0.15, 0.2) is 16.7 Å². The Hall–Kier alpha value is -1.14. The monoisotopic (exact) mass is 313 g/mol. The fraction of sp³-hybridized carbons (Fsp3) is 0.500. The van der Waals surface area contributed by atoms with Gasteiger partial charge >= 0.3 is 0 Å². The number of amides is 1. The number of carbonyl (C=O) groups excluding carboxylic acids is 1. The summed E-state index contributed by atoms with van der Waals surface area (Å²) in [6, 6.07) is 1.86. The number of hydrogen-bond donors (Lipinski definition) is 0. The first-order valence-corrected chi connectivity index (χ1v) is 6.56. The predicted molar refractivity (Wildman–Crippen MR) is 72.9 cm³/mol. The van der Waals surface area contributed by atoms with Gasteiger partial charge in [0.05, 0.1) is 0 Å². The lowest BCUT2D eigenvalue weighted by atomic mass is 10.2. The molecule has 0 saturated heterocycles. The summed E-state index contributed by atoms with van der Waals surface area (Å²) in [7, 11) is 3.96. The number of nitrogens with zero attached hydrogens (tertiary/aromatic N) is 3. The second kappa shape index (κ2) is 5.24. The Bertz CT molecular complexity index is 465. The maximum atomic E-state index is 12.2. The molecular formula is C12H16BrN3O2. The van der Waals surface area contributed by atoms with Crippen LogP contribution in [0.4, 0.5) is 5.69 Å². The molecule has 1 aromatic heterocycles. The number of pyridine rings is 1. The van der Waals surface area contributed by atoms with Crippen LogP contribution < -0.4 is 9.64 Å². The summed E-state index contributed by atoms with van der Waals surface area (Å²) in [5.74, 6) is 0.494. The number of fused-ring (bicyclic) bond motifs is 1. The molecule has 0 unspecified atom stereocenters. The van der Waals surface area contributed by atoms with E-state index in [1.807, 2.05) is 25.1 Å². The summed E-state index contributed by atoms with van der Waals surface area (Å²) >= 11 is 3.37. The highest BCUT2D eigenvalue weighted by molar-refractivity contribution is 9.10. The highest BCUT2D eigenvalue weighted by Crippen LogP contribution is 2.33. The molecule has 0 aliphatic carbocycles. The molecule has 98 valence electrons. The SMILES string of the molecule is C[C@H]1Oc2ncc(Br)cc2N(CCN(C)C)C1=O. The summed E-state index contributed by atoms with van der Waals surface area (Å²) in [6.45, 7) is 3.17. The van der Waals surface area contributed by atoms with E-state index in [1.54, 1.807) is 18.0 Å². The Labute approximate surface area is 115 Å². The number of ether oxygens (including phenoxy) is 1. The second-order valence-electron chi connectivity index (χ2n) is 4.53. The van der Waals surface area contributed by atoms with Crippen LogP contribution in [0.1, 0.15) is 6.92 Å². The number of aromatic nitrogens is 1. The van der Waals surface area contributed by atoms with Crippen LogP contribution in [0.3, 0.4) is 0 Å². The molecule has 5 nitrogen and oxygen atoms in total. The maximum Gasteiger partial charge on any atom is 0.268 e. The number of carbonyl (C=O) groups is 1. The minimum absolute atomic E-state index is 0.0238. The minimum atomic E-state index is -0.478. The number of likely N-dealkylation sites (N-methyl/N-ethyl adjacent to an activating group) is 1. The molecule has 1 aliphatic heterocycles. The van der Waals surface area contributed by atoms with Crippen molar-refractivity contribution in [2.24, 2.45) is 0 Å². The van der Waals surface area contributed by atoms with Crippen molar-refractivity contribution in [2.75, 3.05) is 32.1 Å². The molecule has 18 heavy (non-hydrogen) atoms. The molecule has 2 rings (SSSR count). The number of halogens is 1. The summed E-state index contributed by atoms with van der Waals surface area (Å²) in [6.07, 6.45) is 1.19. The zero-order valence-electron chi connectivity index (χ0n) is 10.7. The molecule has 0 saturated carbocycles. The van der Waals surface area contributed by atoms with Gasteiger partial charge in [0.1, 0.15) is 5.69 Å². The normalized spacial score (nSPS) is 18.8. The van der Waals surface area contributed by atoms with E-state index >= 15 is 0 Å². The number of rotatable bonds is 3. The molecule has 1 atom stereocenters. The van der Waals surface area contributed by atoms with Crippen molar-refractivity contribution in [1.82, 2.24) is 9.88 Å². The molecule has 0 spiro atoms. The van der Waals surface area contributed by atoms with E-state index in [4.69, 9.17) is 4.74 Å². The zero-order chi connectivity index (χ0) is 13.3. The fourth-order valence-electron chi connectivity index (χ4n) is 1.79. The van der Waals surface area contributed by atoms with E-state index in [9.17, 15) is 4.79 Å². The van der Waals surface area contributed by atoms with Crippen molar-refractivity contribution >= 4 is 27.5 Å². The topological polar surface area (TPSA) is 45.7 Å². The van der Waals surface area contributed by atoms with Crippen molar-refractivity contribution in [3.05, 3.63) is 16.7 Å². The smallest absolute Gasteiger partial charge is 0.268 e. The van der Waals surface area contributed by atoms with E-state index in [0.717, 1.165) is 16.7 Å². The molecule has 1 aliphatic rings. The lowest BCUT2D eigenvalue weighted by Gasteiger charge is -2.32. The van der Waals surface area contributed by atoms with Gasteiger partial charge in [-0.05, 0) is 43.0 Å². The van der Waals surface area contributed by atoms with E-state index in [0.29, 0.717) is 12.4 Å². The molecule has 0 bridgehead atoms. The van der Waals surface area contributed by atoms with Crippen LogP contribution in [0.2, 0.25) is 0 Å². The molecule has 0 fully saturated rings. The van der Waals surface area contributed by atoms with Gasteiger partial charge in [-0.3, -0.25) is 4.79 Å². The molecule has 6 heteroatoms. The summed E-state index contributed by atoms with van der Waals surface area (Å²) in [5.41, 5.74) is 0.731. The van der Waals surface area contributed by atoms with Gasteiger partial charge in [-0.1, -0.05) is 0 Å².